The highest BCUT2D eigenvalue weighted by Crippen LogP contribution is 2.11. The first-order chi connectivity index (χ1) is 8.81. The molecule has 5 heteroatoms. The van der Waals surface area contributed by atoms with E-state index in [9.17, 15) is 4.79 Å². The van der Waals surface area contributed by atoms with Gasteiger partial charge in [-0.05, 0) is 12.5 Å². The number of aromatic amines is 1. The van der Waals surface area contributed by atoms with Gasteiger partial charge in [-0.15, -0.1) is 0 Å². The fraction of sp³-hybridized carbons (Fsp3) is 0.231. The number of H-pyrrole nitrogens is 1. The van der Waals surface area contributed by atoms with Crippen LogP contribution in [0.4, 0.5) is 10.6 Å². The summed E-state index contributed by atoms with van der Waals surface area (Å²) in [7, 11) is 0. The van der Waals surface area contributed by atoms with Crippen LogP contribution in [0.15, 0.2) is 42.9 Å². The van der Waals surface area contributed by atoms with Crippen molar-refractivity contribution >= 4 is 11.9 Å². The summed E-state index contributed by atoms with van der Waals surface area (Å²) >= 11 is 0. The SMILES string of the molecule is CCN(C(=O)OCc1ccccc1)c1cnc[nH]1. The van der Waals surface area contributed by atoms with E-state index < -0.39 is 0 Å². The number of hydrogen-bond acceptors (Lipinski definition) is 3. The molecule has 0 aliphatic heterocycles. The Hall–Kier alpha value is -2.30. The molecule has 1 aromatic carbocycles. The second-order valence-electron chi connectivity index (χ2n) is 3.72. The molecule has 5 nitrogen and oxygen atoms in total. The summed E-state index contributed by atoms with van der Waals surface area (Å²) in [6.45, 7) is 2.67. The summed E-state index contributed by atoms with van der Waals surface area (Å²) in [6.07, 6.45) is 2.74. The van der Waals surface area contributed by atoms with Gasteiger partial charge in [-0.25, -0.2) is 9.78 Å². The fourth-order valence-electron chi connectivity index (χ4n) is 1.59. The fourth-order valence-corrected chi connectivity index (χ4v) is 1.59. The van der Waals surface area contributed by atoms with E-state index in [1.165, 1.54) is 11.2 Å². The van der Waals surface area contributed by atoms with Crippen molar-refractivity contribution in [1.29, 1.82) is 0 Å². The summed E-state index contributed by atoms with van der Waals surface area (Å²) in [5, 5.41) is 0. The van der Waals surface area contributed by atoms with Gasteiger partial charge in [-0.1, -0.05) is 30.3 Å². The normalized spacial score (nSPS) is 10.1. The molecule has 0 fully saturated rings. The van der Waals surface area contributed by atoms with Crippen LogP contribution in [0.5, 0.6) is 0 Å². The molecule has 0 radical (unpaired) electrons. The van der Waals surface area contributed by atoms with Gasteiger partial charge in [0.05, 0.1) is 12.5 Å². The first-order valence-electron chi connectivity index (χ1n) is 5.78. The monoisotopic (exact) mass is 245 g/mol. The molecule has 0 aliphatic rings. The van der Waals surface area contributed by atoms with Crippen molar-refractivity contribution in [3.63, 3.8) is 0 Å². The van der Waals surface area contributed by atoms with E-state index in [-0.39, 0.29) is 12.7 Å². The van der Waals surface area contributed by atoms with Crippen molar-refractivity contribution in [2.75, 3.05) is 11.4 Å². The van der Waals surface area contributed by atoms with Crippen molar-refractivity contribution in [2.24, 2.45) is 0 Å². The summed E-state index contributed by atoms with van der Waals surface area (Å²) < 4.78 is 5.24. The number of carbonyl (C=O) groups is 1. The average molecular weight is 245 g/mol. The molecule has 0 aliphatic carbocycles. The van der Waals surface area contributed by atoms with Crippen LogP contribution in [0.3, 0.4) is 0 Å². The van der Waals surface area contributed by atoms with Crippen LogP contribution >= 0.6 is 0 Å². The third-order valence-electron chi connectivity index (χ3n) is 2.52. The van der Waals surface area contributed by atoms with Crippen molar-refractivity contribution in [2.45, 2.75) is 13.5 Å². The zero-order valence-electron chi connectivity index (χ0n) is 10.2. The Morgan fingerprint density at radius 2 is 2.17 bits per heavy atom. The van der Waals surface area contributed by atoms with Crippen LogP contribution in [-0.4, -0.2) is 22.6 Å². The number of nitrogens with one attached hydrogen (secondary N) is 1. The summed E-state index contributed by atoms with van der Waals surface area (Å²) in [6, 6.07) is 9.58. The quantitative estimate of drug-likeness (QED) is 0.900. The number of imidazole rings is 1. The summed E-state index contributed by atoms with van der Waals surface area (Å²) in [4.78, 5) is 20.2. The van der Waals surface area contributed by atoms with Gasteiger partial charge in [0.1, 0.15) is 12.4 Å². The molecule has 1 N–H and O–H groups in total. The Bertz CT molecular complexity index is 482. The smallest absolute Gasteiger partial charge is 0.415 e. The standard InChI is InChI=1S/C13H15N3O2/c1-2-16(12-8-14-10-15-12)13(17)18-9-11-6-4-3-5-7-11/h3-8,10H,2,9H2,1H3,(H,14,15). The highest BCUT2D eigenvalue weighted by atomic mass is 16.6. The lowest BCUT2D eigenvalue weighted by molar-refractivity contribution is 0.147. The van der Waals surface area contributed by atoms with Gasteiger partial charge in [0.2, 0.25) is 0 Å². The van der Waals surface area contributed by atoms with Crippen LogP contribution in [0, 0.1) is 0 Å². The minimum absolute atomic E-state index is 0.268. The lowest BCUT2D eigenvalue weighted by Gasteiger charge is -2.18. The zero-order chi connectivity index (χ0) is 12.8. The van der Waals surface area contributed by atoms with Gasteiger partial charge < -0.3 is 9.72 Å². The van der Waals surface area contributed by atoms with E-state index in [2.05, 4.69) is 9.97 Å². The van der Waals surface area contributed by atoms with Gasteiger partial charge in [0.25, 0.3) is 0 Å². The molecule has 0 unspecified atom stereocenters. The average Bonchev–Trinajstić information content (AvgIpc) is 2.92. The molecular weight excluding hydrogens is 230 g/mol. The van der Waals surface area contributed by atoms with Crippen molar-refractivity contribution in [1.82, 2.24) is 9.97 Å². The Morgan fingerprint density at radius 1 is 1.39 bits per heavy atom. The van der Waals surface area contributed by atoms with Gasteiger partial charge in [-0.3, -0.25) is 4.90 Å². The van der Waals surface area contributed by atoms with E-state index >= 15 is 0 Å². The maximum Gasteiger partial charge on any atom is 0.415 e. The number of aromatic nitrogens is 2. The topological polar surface area (TPSA) is 58.2 Å². The predicted octanol–water partition coefficient (Wildman–Crippen LogP) is 2.57. The lowest BCUT2D eigenvalue weighted by Crippen LogP contribution is -2.31. The Labute approximate surface area is 105 Å². The third kappa shape index (κ3) is 2.88. The third-order valence-corrected chi connectivity index (χ3v) is 2.52. The number of carbonyl (C=O) groups excluding carboxylic acids is 1. The maximum atomic E-state index is 11.9. The highest BCUT2D eigenvalue weighted by molar-refractivity contribution is 5.86. The molecular formula is C13H15N3O2. The number of nitrogens with zero attached hydrogens (tertiary/aromatic N) is 2. The Morgan fingerprint density at radius 3 is 2.78 bits per heavy atom. The Kier molecular flexibility index (Phi) is 3.96. The van der Waals surface area contributed by atoms with Crippen LogP contribution in [0.2, 0.25) is 0 Å². The first kappa shape index (κ1) is 12.2. The summed E-state index contributed by atoms with van der Waals surface area (Å²) in [5.74, 6) is 0.635. The molecule has 94 valence electrons. The number of benzene rings is 1. The van der Waals surface area contributed by atoms with Crippen molar-refractivity contribution in [3.8, 4) is 0 Å². The Balaban J connectivity index is 1.95. The number of hydrogen-bond donors (Lipinski definition) is 1. The molecule has 1 aromatic heterocycles. The molecule has 0 saturated heterocycles. The van der Waals surface area contributed by atoms with Crippen LogP contribution in [-0.2, 0) is 11.3 Å². The largest absolute Gasteiger partial charge is 0.444 e. The van der Waals surface area contributed by atoms with Gasteiger partial charge in [0, 0.05) is 6.54 Å². The number of amides is 1. The molecule has 0 atom stereocenters. The van der Waals surface area contributed by atoms with Gasteiger partial charge >= 0.3 is 6.09 Å². The van der Waals surface area contributed by atoms with Crippen molar-refractivity contribution < 1.29 is 9.53 Å². The predicted molar refractivity (Wildman–Crippen MR) is 68.2 cm³/mol. The van der Waals surface area contributed by atoms with Crippen LogP contribution in [0.1, 0.15) is 12.5 Å². The molecule has 2 rings (SSSR count). The molecule has 2 aromatic rings. The first-order valence-corrected chi connectivity index (χ1v) is 5.78. The van der Waals surface area contributed by atoms with Gasteiger partial charge in [0.15, 0.2) is 0 Å². The number of anilines is 1. The highest BCUT2D eigenvalue weighted by Gasteiger charge is 2.16. The molecule has 1 heterocycles. The van der Waals surface area contributed by atoms with Gasteiger partial charge in [-0.2, -0.15) is 0 Å². The van der Waals surface area contributed by atoms with E-state index in [1.807, 2.05) is 37.3 Å². The molecule has 0 spiro atoms. The second-order valence-corrected chi connectivity index (χ2v) is 3.72. The number of ether oxygens (including phenoxy) is 1. The maximum absolute atomic E-state index is 11.9. The molecule has 0 bridgehead atoms. The van der Waals surface area contributed by atoms with E-state index in [0.717, 1.165) is 5.56 Å². The molecule has 18 heavy (non-hydrogen) atoms. The van der Waals surface area contributed by atoms with E-state index in [4.69, 9.17) is 4.74 Å². The lowest BCUT2D eigenvalue weighted by atomic mass is 10.2. The summed E-state index contributed by atoms with van der Waals surface area (Å²) in [5.41, 5.74) is 0.964. The second kappa shape index (κ2) is 5.86. The van der Waals surface area contributed by atoms with Crippen LogP contribution in [0.25, 0.3) is 0 Å². The number of rotatable bonds is 4. The van der Waals surface area contributed by atoms with E-state index in [1.54, 1.807) is 6.20 Å². The molecule has 0 saturated carbocycles. The minimum atomic E-state index is -0.384. The zero-order valence-corrected chi connectivity index (χ0v) is 10.2. The van der Waals surface area contributed by atoms with Crippen molar-refractivity contribution in [3.05, 3.63) is 48.4 Å². The van der Waals surface area contributed by atoms with E-state index in [0.29, 0.717) is 12.4 Å². The van der Waals surface area contributed by atoms with Crippen LogP contribution < -0.4 is 4.90 Å². The minimum Gasteiger partial charge on any atom is -0.444 e. The molecule has 1 amide bonds.